The number of aromatic nitrogens is 4. The molecule has 2 aromatic rings. The predicted octanol–water partition coefficient (Wildman–Crippen LogP) is 2.19. The summed E-state index contributed by atoms with van der Waals surface area (Å²) in [5.41, 5.74) is 1.13. The van der Waals surface area contributed by atoms with E-state index in [1.54, 1.807) is 7.05 Å². The quantitative estimate of drug-likeness (QED) is 0.795. The Morgan fingerprint density at radius 2 is 2.15 bits per heavy atom. The Morgan fingerprint density at radius 3 is 2.80 bits per heavy atom. The zero-order valence-corrected chi connectivity index (χ0v) is 12.6. The summed E-state index contributed by atoms with van der Waals surface area (Å²) in [6, 6.07) is 7.95. The molecule has 0 radical (unpaired) electrons. The van der Waals surface area contributed by atoms with Crippen LogP contribution >= 0.6 is 11.6 Å². The first-order valence-electron chi connectivity index (χ1n) is 6.88. The van der Waals surface area contributed by atoms with Crippen molar-refractivity contribution in [1.29, 1.82) is 0 Å². The van der Waals surface area contributed by atoms with E-state index < -0.39 is 0 Å². The molecule has 2 rings (SSSR count). The number of tetrazole rings is 1. The maximum absolute atomic E-state index is 6.31. The van der Waals surface area contributed by atoms with E-state index in [0.29, 0.717) is 0 Å². The number of hydrogen-bond acceptors (Lipinski definition) is 4. The van der Waals surface area contributed by atoms with E-state index in [1.807, 2.05) is 18.2 Å². The lowest BCUT2D eigenvalue weighted by atomic mass is 9.95. The van der Waals surface area contributed by atoms with Crippen LogP contribution in [0.5, 0.6) is 0 Å². The Morgan fingerprint density at radius 1 is 1.35 bits per heavy atom. The fourth-order valence-electron chi connectivity index (χ4n) is 2.18. The maximum Gasteiger partial charge on any atom is 0.175 e. The van der Waals surface area contributed by atoms with Crippen molar-refractivity contribution < 1.29 is 0 Å². The third-order valence-electron chi connectivity index (χ3n) is 3.14. The normalized spacial score (nSPS) is 12.6. The largest absolute Gasteiger partial charge is 0.316 e. The second kappa shape index (κ2) is 7.36. The maximum atomic E-state index is 6.31. The molecule has 0 saturated heterocycles. The Balaban J connectivity index is 2.13. The molecule has 1 atom stereocenters. The predicted molar refractivity (Wildman–Crippen MR) is 79.9 cm³/mol. The van der Waals surface area contributed by atoms with Crippen LogP contribution < -0.4 is 5.32 Å². The van der Waals surface area contributed by atoms with Gasteiger partial charge in [-0.1, -0.05) is 36.7 Å². The van der Waals surface area contributed by atoms with E-state index in [4.69, 9.17) is 11.6 Å². The molecular formula is C14H20ClN5. The lowest BCUT2D eigenvalue weighted by Gasteiger charge is -2.17. The molecule has 0 saturated carbocycles. The van der Waals surface area contributed by atoms with Crippen LogP contribution in [0.4, 0.5) is 0 Å². The molecule has 0 bridgehead atoms. The van der Waals surface area contributed by atoms with Gasteiger partial charge in [-0.2, -0.15) is 4.80 Å². The van der Waals surface area contributed by atoms with Crippen LogP contribution in [0.1, 0.15) is 30.7 Å². The minimum atomic E-state index is 0.249. The van der Waals surface area contributed by atoms with Gasteiger partial charge in [-0.25, -0.2) is 0 Å². The summed E-state index contributed by atoms with van der Waals surface area (Å²) in [6.45, 7) is 4.01. The van der Waals surface area contributed by atoms with Gasteiger partial charge in [0.1, 0.15) is 0 Å². The second-order valence-corrected chi connectivity index (χ2v) is 5.23. The fraction of sp³-hybridized carbons (Fsp3) is 0.500. The van der Waals surface area contributed by atoms with Gasteiger partial charge in [0.25, 0.3) is 0 Å². The fourth-order valence-corrected chi connectivity index (χ4v) is 2.47. The Kier molecular flexibility index (Phi) is 5.49. The van der Waals surface area contributed by atoms with Crippen molar-refractivity contribution >= 4 is 11.6 Å². The molecule has 6 heteroatoms. The summed E-state index contributed by atoms with van der Waals surface area (Å²) >= 11 is 6.31. The molecule has 0 aliphatic heterocycles. The average molecular weight is 294 g/mol. The summed E-state index contributed by atoms with van der Waals surface area (Å²) in [6.07, 6.45) is 1.84. The second-order valence-electron chi connectivity index (χ2n) is 4.82. The van der Waals surface area contributed by atoms with Gasteiger partial charge >= 0.3 is 0 Å². The molecule has 0 aliphatic rings. The van der Waals surface area contributed by atoms with Crippen molar-refractivity contribution in [3.8, 4) is 0 Å². The van der Waals surface area contributed by atoms with Crippen LogP contribution in [-0.4, -0.2) is 33.3 Å². The van der Waals surface area contributed by atoms with Gasteiger partial charge in [0.15, 0.2) is 5.82 Å². The SMILES string of the molecule is CCCNCC(Cc1nnn(C)n1)c1ccccc1Cl. The molecule has 108 valence electrons. The van der Waals surface area contributed by atoms with Gasteiger partial charge in [0, 0.05) is 23.9 Å². The van der Waals surface area contributed by atoms with Gasteiger partial charge < -0.3 is 5.32 Å². The Labute approximate surface area is 124 Å². The molecular weight excluding hydrogens is 274 g/mol. The number of nitrogens with one attached hydrogen (secondary N) is 1. The van der Waals surface area contributed by atoms with E-state index in [1.165, 1.54) is 4.80 Å². The number of nitrogens with zero attached hydrogens (tertiary/aromatic N) is 4. The van der Waals surface area contributed by atoms with Crippen LogP contribution in [0.2, 0.25) is 5.02 Å². The first-order chi connectivity index (χ1) is 9.70. The van der Waals surface area contributed by atoms with E-state index in [-0.39, 0.29) is 5.92 Å². The number of aryl methyl sites for hydroxylation is 1. The number of hydrogen-bond donors (Lipinski definition) is 1. The van der Waals surface area contributed by atoms with Gasteiger partial charge in [0.2, 0.25) is 0 Å². The average Bonchev–Trinajstić information content (AvgIpc) is 2.84. The van der Waals surface area contributed by atoms with Crippen LogP contribution in [-0.2, 0) is 13.5 Å². The lowest BCUT2D eigenvalue weighted by molar-refractivity contribution is 0.563. The summed E-state index contributed by atoms with van der Waals surface area (Å²) in [5, 5.41) is 16.4. The highest BCUT2D eigenvalue weighted by atomic mass is 35.5. The van der Waals surface area contributed by atoms with Crippen molar-refractivity contribution in [3.63, 3.8) is 0 Å². The Hall–Kier alpha value is -1.46. The highest BCUT2D eigenvalue weighted by molar-refractivity contribution is 6.31. The summed E-state index contributed by atoms with van der Waals surface area (Å²) < 4.78 is 0. The van der Waals surface area contributed by atoms with Crippen molar-refractivity contribution in [2.45, 2.75) is 25.7 Å². The van der Waals surface area contributed by atoms with E-state index in [9.17, 15) is 0 Å². The zero-order valence-electron chi connectivity index (χ0n) is 11.9. The number of benzene rings is 1. The van der Waals surface area contributed by atoms with Crippen molar-refractivity contribution in [3.05, 3.63) is 40.7 Å². The molecule has 1 aromatic carbocycles. The van der Waals surface area contributed by atoms with Gasteiger partial charge in [-0.15, -0.1) is 10.2 Å². The Bertz CT molecular complexity index is 540. The molecule has 1 unspecified atom stereocenters. The van der Waals surface area contributed by atoms with Crippen LogP contribution in [0.3, 0.4) is 0 Å². The minimum absolute atomic E-state index is 0.249. The monoisotopic (exact) mass is 293 g/mol. The molecule has 0 fully saturated rings. The van der Waals surface area contributed by atoms with Crippen molar-refractivity contribution in [2.75, 3.05) is 13.1 Å². The lowest BCUT2D eigenvalue weighted by Crippen LogP contribution is -2.24. The van der Waals surface area contributed by atoms with Gasteiger partial charge in [-0.3, -0.25) is 0 Å². The molecule has 1 N–H and O–H groups in total. The van der Waals surface area contributed by atoms with Gasteiger partial charge in [-0.05, 0) is 29.8 Å². The van der Waals surface area contributed by atoms with Crippen LogP contribution in [0, 0.1) is 0 Å². The number of halogens is 1. The smallest absolute Gasteiger partial charge is 0.175 e. The van der Waals surface area contributed by atoms with Crippen molar-refractivity contribution in [1.82, 2.24) is 25.5 Å². The zero-order chi connectivity index (χ0) is 14.4. The van der Waals surface area contributed by atoms with E-state index in [2.05, 4.69) is 33.7 Å². The third kappa shape index (κ3) is 4.02. The molecule has 0 amide bonds. The molecule has 1 aromatic heterocycles. The molecule has 0 aliphatic carbocycles. The molecule has 20 heavy (non-hydrogen) atoms. The first-order valence-corrected chi connectivity index (χ1v) is 7.26. The van der Waals surface area contributed by atoms with Gasteiger partial charge in [0.05, 0.1) is 7.05 Å². The summed E-state index contributed by atoms with van der Waals surface area (Å²) in [7, 11) is 1.77. The highest BCUT2D eigenvalue weighted by Gasteiger charge is 2.17. The van der Waals surface area contributed by atoms with Crippen LogP contribution in [0.15, 0.2) is 24.3 Å². The molecule has 1 heterocycles. The van der Waals surface area contributed by atoms with E-state index >= 15 is 0 Å². The first kappa shape index (κ1) is 14.9. The van der Waals surface area contributed by atoms with E-state index in [0.717, 1.165) is 42.3 Å². The summed E-state index contributed by atoms with van der Waals surface area (Å²) in [5.74, 6) is 0.996. The van der Waals surface area contributed by atoms with Crippen LogP contribution in [0.25, 0.3) is 0 Å². The number of rotatable bonds is 7. The summed E-state index contributed by atoms with van der Waals surface area (Å²) in [4.78, 5) is 1.48. The molecule has 5 nitrogen and oxygen atoms in total. The minimum Gasteiger partial charge on any atom is -0.316 e. The highest BCUT2D eigenvalue weighted by Crippen LogP contribution is 2.26. The standard InChI is InChI=1S/C14H20ClN5/c1-3-8-16-10-11(9-14-17-19-20(2)18-14)12-6-4-5-7-13(12)15/h4-7,11,16H,3,8-10H2,1-2H3. The third-order valence-corrected chi connectivity index (χ3v) is 3.49. The molecule has 0 spiro atoms. The van der Waals surface area contributed by atoms with Crippen molar-refractivity contribution in [2.24, 2.45) is 7.05 Å². The topological polar surface area (TPSA) is 55.6 Å².